The van der Waals surface area contributed by atoms with Crippen LogP contribution in [0.4, 0.5) is 0 Å². The van der Waals surface area contributed by atoms with Crippen molar-refractivity contribution in [1.29, 1.82) is 0 Å². The van der Waals surface area contributed by atoms with Gasteiger partial charge in [-0.1, -0.05) is 25.5 Å². The fourth-order valence-corrected chi connectivity index (χ4v) is 3.27. The van der Waals surface area contributed by atoms with E-state index < -0.39 is 0 Å². The van der Waals surface area contributed by atoms with Crippen molar-refractivity contribution in [2.75, 3.05) is 6.61 Å². The summed E-state index contributed by atoms with van der Waals surface area (Å²) < 4.78 is 5.82. The van der Waals surface area contributed by atoms with Crippen molar-refractivity contribution < 1.29 is 4.74 Å². The number of aryl methyl sites for hydroxylation is 1. The fraction of sp³-hybridized carbons (Fsp3) is 0.261. The molecular formula is C23H25N5O. The number of benzene rings is 1. The molecule has 3 aromatic heterocycles. The average Bonchev–Trinajstić information content (AvgIpc) is 3.18. The van der Waals surface area contributed by atoms with Crippen LogP contribution < -0.4 is 10.5 Å². The van der Waals surface area contributed by atoms with Gasteiger partial charge in [0.15, 0.2) is 0 Å². The number of H-pyrrole nitrogens is 1. The van der Waals surface area contributed by atoms with Crippen LogP contribution in [0.2, 0.25) is 0 Å². The number of nitrogens with two attached hydrogens (primary N) is 1. The first-order valence-corrected chi connectivity index (χ1v) is 9.94. The van der Waals surface area contributed by atoms with Crippen molar-refractivity contribution in [1.82, 2.24) is 19.9 Å². The zero-order chi connectivity index (χ0) is 20.2. The first kappa shape index (κ1) is 19.1. The standard InChI is InChI=1S/C23H25N5O/c1-3-4-10-29-18-12-17-11-16(8-9-19(17)25-14-18)22-23(28-21(13-24)27-22)20-7-5-6-15(2)26-20/h5-9,11-12,14H,3-4,10,13,24H2,1-2H3,(H,27,28). The summed E-state index contributed by atoms with van der Waals surface area (Å²) in [5, 5.41) is 1.02. The van der Waals surface area contributed by atoms with Crippen LogP contribution in [0.3, 0.4) is 0 Å². The minimum Gasteiger partial charge on any atom is -0.492 e. The molecule has 3 heterocycles. The third kappa shape index (κ3) is 4.12. The number of aromatic amines is 1. The predicted octanol–water partition coefficient (Wildman–Crippen LogP) is 4.63. The molecule has 0 saturated heterocycles. The lowest BCUT2D eigenvalue weighted by Crippen LogP contribution is -1.98. The Morgan fingerprint density at radius 2 is 2.00 bits per heavy atom. The zero-order valence-corrected chi connectivity index (χ0v) is 16.8. The third-order valence-electron chi connectivity index (χ3n) is 4.79. The van der Waals surface area contributed by atoms with Crippen LogP contribution in [0, 0.1) is 6.92 Å². The van der Waals surface area contributed by atoms with Crippen LogP contribution in [0.15, 0.2) is 48.7 Å². The highest BCUT2D eigenvalue weighted by atomic mass is 16.5. The van der Waals surface area contributed by atoms with E-state index in [9.17, 15) is 0 Å². The molecule has 4 aromatic rings. The van der Waals surface area contributed by atoms with E-state index >= 15 is 0 Å². The van der Waals surface area contributed by atoms with Gasteiger partial charge in [-0.05, 0) is 43.7 Å². The van der Waals surface area contributed by atoms with Gasteiger partial charge in [-0.2, -0.15) is 0 Å². The Hall–Kier alpha value is -3.25. The van der Waals surface area contributed by atoms with Gasteiger partial charge in [0.2, 0.25) is 0 Å². The maximum atomic E-state index is 5.85. The highest BCUT2D eigenvalue weighted by Gasteiger charge is 2.15. The molecule has 0 aliphatic carbocycles. The van der Waals surface area contributed by atoms with Gasteiger partial charge in [-0.25, -0.2) is 4.98 Å². The molecule has 0 saturated carbocycles. The predicted molar refractivity (Wildman–Crippen MR) is 116 cm³/mol. The maximum Gasteiger partial charge on any atom is 0.138 e. The number of nitrogens with zero attached hydrogens (tertiary/aromatic N) is 3. The summed E-state index contributed by atoms with van der Waals surface area (Å²) >= 11 is 0. The number of hydrogen-bond acceptors (Lipinski definition) is 5. The van der Waals surface area contributed by atoms with E-state index in [4.69, 9.17) is 10.5 Å². The second-order valence-corrected chi connectivity index (χ2v) is 7.06. The summed E-state index contributed by atoms with van der Waals surface area (Å²) in [6, 6.07) is 14.1. The Bertz CT molecular complexity index is 1140. The monoisotopic (exact) mass is 387 g/mol. The molecule has 0 amide bonds. The molecule has 0 radical (unpaired) electrons. The summed E-state index contributed by atoms with van der Waals surface area (Å²) in [5.74, 6) is 1.52. The number of unbranched alkanes of at least 4 members (excludes halogenated alkanes) is 1. The Morgan fingerprint density at radius 1 is 1.10 bits per heavy atom. The summed E-state index contributed by atoms with van der Waals surface area (Å²) in [6.07, 6.45) is 3.91. The minimum absolute atomic E-state index is 0.337. The molecule has 6 nitrogen and oxygen atoms in total. The number of nitrogens with one attached hydrogen (secondary N) is 1. The first-order valence-electron chi connectivity index (χ1n) is 9.94. The highest BCUT2D eigenvalue weighted by Crippen LogP contribution is 2.31. The molecule has 0 aliphatic rings. The number of imidazole rings is 1. The van der Waals surface area contributed by atoms with Crippen LogP contribution in [0.1, 0.15) is 31.3 Å². The molecule has 6 heteroatoms. The van der Waals surface area contributed by atoms with Crippen molar-refractivity contribution in [2.24, 2.45) is 5.73 Å². The molecule has 0 spiro atoms. The molecule has 0 fully saturated rings. The van der Waals surface area contributed by atoms with Gasteiger partial charge < -0.3 is 15.5 Å². The van der Waals surface area contributed by atoms with E-state index in [1.165, 1.54) is 0 Å². The summed E-state index contributed by atoms with van der Waals surface area (Å²) in [7, 11) is 0. The SMILES string of the molecule is CCCCOc1cnc2ccc(-c3[nH]c(CN)nc3-c3cccc(C)n3)cc2c1. The molecule has 1 aromatic carbocycles. The van der Waals surface area contributed by atoms with Crippen LogP contribution in [0.25, 0.3) is 33.5 Å². The number of aromatic nitrogens is 4. The van der Waals surface area contributed by atoms with Gasteiger partial charge in [0.25, 0.3) is 0 Å². The highest BCUT2D eigenvalue weighted by molar-refractivity contribution is 5.87. The van der Waals surface area contributed by atoms with Gasteiger partial charge in [0, 0.05) is 16.6 Å². The third-order valence-corrected chi connectivity index (χ3v) is 4.79. The number of pyridine rings is 2. The van der Waals surface area contributed by atoms with E-state index in [1.54, 1.807) is 6.20 Å². The van der Waals surface area contributed by atoms with E-state index in [0.29, 0.717) is 13.2 Å². The molecule has 3 N–H and O–H groups in total. The second-order valence-electron chi connectivity index (χ2n) is 7.06. The second kappa shape index (κ2) is 8.41. The number of rotatable bonds is 7. The van der Waals surface area contributed by atoms with Crippen LogP contribution in [-0.2, 0) is 6.54 Å². The van der Waals surface area contributed by atoms with Crippen LogP contribution in [-0.4, -0.2) is 26.5 Å². The minimum atomic E-state index is 0.337. The van der Waals surface area contributed by atoms with E-state index in [-0.39, 0.29) is 0 Å². The summed E-state index contributed by atoms with van der Waals surface area (Å²) in [6.45, 7) is 5.16. The van der Waals surface area contributed by atoms with E-state index in [2.05, 4.69) is 32.9 Å². The van der Waals surface area contributed by atoms with Gasteiger partial charge in [0.05, 0.1) is 36.3 Å². The van der Waals surface area contributed by atoms with E-state index in [0.717, 1.165) is 63.7 Å². The molecule has 0 aliphatic heterocycles. The van der Waals surface area contributed by atoms with Gasteiger partial charge in [-0.15, -0.1) is 0 Å². The summed E-state index contributed by atoms with van der Waals surface area (Å²) in [4.78, 5) is 17.2. The molecule has 0 bridgehead atoms. The topological polar surface area (TPSA) is 89.7 Å². The van der Waals surface area contributed by atoms with Crippen molar-refractivity contribution in [2.45, 2.75) is 33.2 Å². The van der Waals surface area contributed by atoms with Crippen molar-refractivity contribution in [3.05, 3.63) is 60.2 Å². The smallest absolute Gasteiger partial charge is 0.138 e. The molecule has 4 rings (SSSR count). The van der Waals surface area contributed by atoms with Crippen LogP contribution >= 0.6 is 0 Å². The molecular weight excluding hydrogens is 362 g/mol. The Labute approximate surface area is 170 Å². The quantitative estimate of drug-likeness (QED) is 0.451. The van der Waals surface area contributed by atoms with Crippen molar-refractivity contribution in [3.63, 3.8) is 0 Å². The van der Waals surface area contributed by atoms with Gasteiger partial charge in [-0.3, -0.25) is 9.97 Å². The van der Waals surface area contributed by atoms with Gasteiger partial charge >= 0.3 is 0 Å². The lowest BCUT2D eigenvalue weighted by Gasteiger charge is -2.08. The molecule has 0 atom stereocenters. The van der Waals surface area contributed by atoms with Crippen LogP contribution in [0.5, 0.6) is 5.75 Å². The van der Waals surface area contributed by atoms with Gasteiger partial charge in [0.1, 0.15) is 17.3 Å². The molecule has 29 heavy (non-hydrogen) atoms. The number of hydrogen-bond donors (Lipinski definition) is 2. The normalized spacial score (nSPS) is 11.1. The van der Waals surface area contributed by atoms with E-state index in [1.807, 2.05) is 43.3 Å². The number of fused-ring (bicyclic) bond motifs is 1. The van der Waals surface area contributed by atoms with Crippen molar-refractivity contribution >= 4 is 10.9 Å². The molecule has 0 unspecified atom stereocenters. The Balaban J connectivity index is 1.76. The molecule has 148 valence electrons. The average molecular weight is 387 g/mol. The lowest BCUT2D eigenvalue weighted by atomic mass is 10.1. The lowest BCUT2D eigenvalue weighted by molar-refractivity contribution is 0.309. The largest absolute Gasteiger partial charge is 0.492 e. The number of ether oxygens (including phenoxy) is 1. The first-order chi connectivity index (χ1) is 14.2. The Kier molecular flexibility index (Phi) is 5.53. The Morgan fingerprint density at radius 3 is 2.79 bits per heavy atom. The zero-order valence-electron chi connectivity index (χ0n) is 16.8. The fourth-order valence-electron chi connectivity index (χ4n) is 3.27. The maximum absolute atomic E-state index is 5.85. The van der Waals surface area contributed by atoms with Crippen molar-refractivity contribution in [3.8, 4) is 28.4 Å². The summed E-state index contributed by atoms with van der Waals surface area (Å²) in [5.41, 5.74) is 11.3.